The number of aliphatic carboxylic acids is 1. The van der Waals surface area contributed by atoms with Crippen LogP contribution in [0.1, 0.15) is 22.3 Å². The molecular formula is C15H14BrNO5. The monoisotopic (exact) mass is 367 g/mol. The zero-order valence-electron chi connectivity index (χ0n) is 12.1. The standard InChI is InChI=1S/C15H14BrNO5/c1-8-10-7-9(16)3-4-11(10)22-15(21)13(8)14(20)17(2)6-5-12(18)19/h3-4,7H,5-6H2,1-2H3,(H,18,19). The molecule has 1 aromatic heterocycles. The van der Waals surface area contributed by atoms with Gasteiger partial charge in [-0.25, -0.2) is 4.79 Å². The molecule has 0 fully saturated rings. The number of carboxylic acid groups (broad SMARTS) is 1. The zero-order chi connectivity index (χ0) is 16.4. The fraction of sp³-hybridized carbons (Fsp3) is 0.267. The Kier molecular flexibility index (Phi) is 4.65. The zero-order valence-corrected chi connectivity index (χ0v) is 13.6. The number of carbonyl (C=O) groups is 2. The smallest absolute Gasteiger partial charge is 0.349 e. The van der Waals surface area contributed by atoms with E-state index in [1.54, 1.807) is 25.1 Å². The second-order valence-corrected chi connectivity index (χ2v) is 5.82. The molecule has 1 N–H and O–H groups in total. The second kappa shape index (κ2) is 6.31. The first-order valence-corrected chi connectivity index (χ1v) is 7.30. The summed E-state index contributed by atoms with van der Waals surface area (Å²) in [5.41, 5.74) is 0.119. The van der Waals surface area contributed by atoms with Crippen LogP contribution >= 0.6 is 15.9 Å². The first-order chi connectivity index (χ1) is 10.3. The summed E-state index contributed by atoms with van der Waals surface area (Å²) in [6.07, 6.45) is -0.189. The van der Waals surface area contributed by atoms with Crippen LogP contribution in [0.5, 0.6) is 0 Å². The van der Waals surface area contributed by atoms with Crippen LogP contribution in [-0.4, -0.2) is 35.5 Å². The number of benzene rings is 1. The Hall–Kier alpha value is -2.15. The summed E-state index contributed by atoms with van der Waals surface area (Å²) >= 11 is 3.34. The van der Waals surface area contributed by atoms with Crippen LogP contribution in [0, 0.1) is 6.92 Å². The molecule has 0 aliphatic heterocycles. The van der Waals surface area contributed by atoms with Crippen molar-refractivity contribution in [2.75, 3.05) is 13.6 Å². The van der Waals surface area contributed by atoms with Crippen LogP contribution in [0.25, 0.3) is 11.0 Å². The molecule has 2 aromatic rings. The molecule has 1 aromatic carbocycles. The summed E-state index contributed by atoms with van der Waals surface area (Å²) in [5, 5.41) is 9.33. The Bertz CT molecular complexity index is 811. The van der Waals surface area contributed by atoms with Crippen LogP contribution in [0.4, 0.5) is 0 Å². The van der Waals surface area contributed by atoms with Crippen molar-refractivity contribution in [1.29, 1.82) is 0 Å². The van der Waals surface area contributed by atoms with Gasteiger partial charge in [0.2, 0.25) is 0 Å². The quantitative estimate of drug-likeness (QED) is 0.838. The number of rotatable bonds is 4. The van der Waals surface area contributed by atoms with Gasteiger partial charge >= 0.3 is 11.6 Å². The minimum atomic E-state index is -1.01. The van der Waals surface area contributed by atoms with Gasteiger partial charge in [0, 0.05) is 23.5 Å². The number of fused-ring (bicyclic) bond motifs is 1. The Labute approximate surface area is 134 Å². The molecule has 0 spiro atoms. The van der Waals surface area contributed by atoms with E-state index in [9.17, 15) is 14.4 Å². The molecule has 0 unspecified atom stereocenters. The molecular weight excluding hydrogens is 354 g/mol. The van der Waals surface area contributed by atoms with Gasteiger partial charge in [-0.1, -0.05) is 15.9 Å². The molecule has 6 nitrogen and oxygen atoms in total. The summed E-state index contributed by atoms with van der Waals surface area (Å²) in [6.45, 7) is 1.69. The van der Waals surface area contributed by atoms with E-state index in [1.807, 2.05) is 0 Å². The number of hydrogen-bond acceptors (Lipinski definition) is 4. The van der Waals surface area contributed by atoms with Crippen LogP contribution in [0.2, 0.25) is 0 Å². The van der Waals surface area contributed by atoms with Crippen molar-refractivity contribution in [2.45, 2.75) is 13.3 Å². The van der Waals surface area contributed by atoms with E-state index in [1.165, 1.54) is 11.9 Å². The van der Waals surface area contributed by atoms with Crippen LogP contribution in [0.15, 0.2) is 31.9 Å². The third-order valence-electron chi connectivity index (χ3n) is 3.35. The van der Waals surface area contributed by atoms with Gasteiger partial charge in [-0.15, -0.1) is 0 Å². The highest BCUT2D eigenvalue weighted by Gasteiger charge is 2.22. The highest BCUT2D eigenvalue weighted by molar-refractivity contribution is 9.10. The van der Waals surface area contributed by atoms with E-state index in [4.69, 9.17) is 9.52 Å². The lowest BCUT2D eigenvalue weighted by atomic mass is 10.1. The largest absolute Gasteiger partial charge is 0.481 e. The number of carbonyl (C=O) groups excluding carboxylic acids is 1. The molecule has 116 valence electrons. The molecule has 1 heterocycles. The molecule has 0 saturated carbocycles. The number of halogens is 1. The molecule has 1 amide bonds. The van der Waals surface area contributed by atoms with Crippen LogP contribution < -0.4 is 5.63 Å². The van der Waals surface area contributed by atoms with Crippen molar-refractivity contribution < 1.29 is 19.1 Å². The molecule has 0 radical (unpaired) electrons. The number of hydrogen-bond donors (Lipinski definition) is 1. The highest BCUT2D eigenvalue weighted by atomic mass is 79.9. The van der Waals surface area contributed by atoms with Gasteiger partial charge in [0.15, 0.2) is 0 Å². The summed E-state index contributed by atoms with van der Waals surface area (Å²) in [5.74, 6) is -1.56. The second-order valence-electron chi connectivity index (χ2n) is 4.90. The van der Waals surface area contributed by atoms with Gasteiger partial charge in [0.25, 0.3) is 5.91 Å². The topological polar surface area (TPSA) is 87.8 Å². The molecule has 0 aliphatic carbocycles. The SMILES string of the molecule is Cc1c(C(=O)N(C)CCC(=O)O)c(=O)oc2ccc(Br)cc12. The summed E-state index contributed by atoms with van der Waals surface area (Å²) < 4.78 is 5.99. The molecule has 22 heavy (non-hydrogen) atoms. The van der Waals surface area contributed by atoms with Gasteiger partial charge in [-0.05, 0) is 30.7 Å². The maximum absolute atomic E-state index is 12.4. The third-order valence-corrected chi connectivity index (χ3v) is 3.84. The van der Waals surface area contributed by atoms with E-state index in [0.29, 0.717) is 16.5 Å². The van der Waals surface area contributed by atoms with Crippen molar-refractivity contribution in [2.24, 2.45) is 0 Å². The normalized spacial score (nSPS) is 10.7. The van der Waals surface area contributed by atoms with E-state index in [0.717, 1.165) is 4.47 Å². The van der Waals surface area contributed by atoms with Crippen molar-refractivity contribution in [3.63, 3.8) is 0 Å². The molecule has 0 atom stereocenters. The van der Waals surface area contributed by atoms with Crippen molar-refractivity contribution in [3.05, 3.63) is 44.2 Å². The van der Waals surface area contributed by atoms with Crippen molar-refractivity contribution in [3.8, 4) is 0 Å². The van der Waals surface area contributed by atoms with E-state index in [-0.39, 0.29) is 18.5 Å². The number of amides is 1. The fourth-order valence-corrected chi connectivity index (χ4v) is 2.49. The van der Waals surface area contributed by atoms with Crippen LogP contribution in [-0.2, 0) is 4.79 Å². The van der Waals surface area contributed by atoms with Gasteiger partial charge in [-0.2, -0.15) is 0 Å². The van der Waals surface area contributed by atoms with Crippen molar-refractivity contribution in [1.82, 2.24) is 4.90 Å². The molecule has 7 heteroatoms. The Morgan fingerprint density at radius 3 is 2.68 bits per heavy atom. The van der Waals surface area contributed by atoms with E-state index in [2.05, 4.69) is 15.9 Å². The summed E-state index contributed by atoms with van der Waals surface area (Å²) in [4.78, 5) is 36.3. The Morgan fingerprint density at radius 1 is 1.36 bits per heavy atom. The van der Waals surface area contributed by atoms with Crippen LogP contribution in [0.3, 0.4) is 0 Å². The number of carboxylic acids is 1. The summed E-state index contributed by atoms with van der Waals surface area (Å²) in [7, 11) is 1.45. The average molecular weight is 368 g/mol. The third kappa shape index (κ3) is 3.19. The first-order valence-electron chi connectivity index (χ1n) is 6.51. The molecule has 0 aliphatic rings. The highest BCUT2D eigenvalue weighted by Crippen LogP contribution is 2.23. The fourth-order valence-electron chi connectivity index (χ4n) is 2.13. The number of nitrogens with zero attached hydrogens (tertiary/aromatic N) is 1. The number of aryl methyl sites for hydroxylation is 1. The molecule has 0 saturated heterocycles. The van der Waals surface area contributed by atoms with E-state index >= 15 is 0 Å². The predicted molar refractivity (Wildman–Crippen MR) is 84.1 cm³/mol. The molecule has 0 bridgehead atoms. The van der Waals surface area contributed by atoms with Gasteiger partial charge in [-0.3, -0.25) is 9.59 Å². The maximum Gasteiger partial charge on any atom is 0.349 e. The minimum absolute atomic E-state index is 0.0174. The predicted octanol–water partition coefficient (Wildman–Crippen LogP) is 2.41. The maximum atomic E-state index is 12.4. The molecule has 2 rings (SSSR count). The first kappa shape index (κ1) is 16.2. The van der Waals surface area contributed by atoms with Gasteiger partial charge in [0.05, 0.1) is 6.42 Å². The lowest BCUT2D eigenvalue weighted by molar-refractivity contribution is -0.137. The van der Waals surface area contributed by atoms with Gasteiger partial charge in [0.1, 0.15) is 11.1 Å². The minimum Gasteiger partial charge on any atom is -0.481 e. The Balaban J connectivity index is 2.48. The lowest BCUT2D eigenvalue weighted by Crippen LogP contribution is -2.33. The van der Waals surface area contributed by atoms with Gasteiger partial charge < -0.3 is 14.4 Å². The van der Waals surface area contributed by atoms with Crippen molar-refractivity contribution >= 4 is 38.8 Å². The summed E-state index contributed by atoms with van der Waals surface area (Å²) in [6, 6.07) is 5.16. The lowest BCUT2D eigenvalue weighted by Gasteiger charge is -2.17. The van der Waals surface area contributed by atoms with E-state index < -0.39 is 17.5 Å². The Morgan fingerprint density at radius 2 is 2.05 bits per heavy atom. The average Bonchev–Trinajstić information content (AvgIpc) is 2.45.